The number of hydrogen-bond donors (Lipinski definition) is 1. The molecule has 1 heterocycles. The van der Waals surface area contributed by atoms with Crippen molar-refractivity contribution in [2.24, 2.45) is 0 Å². The second-order valence-corrected chi connectivity index (χ2v) is 5.32. The van der Waals surface area contributed by atoms with Crippen LogP contribution >= 0.6 is 0 Å². The molecule has 1 aromatic heterocycles. The minimum Gasteiger partial charge on any atom is -0.353 e. The first-order valence-corrected chi connectivity index (χ1v) is 7.10. The van der Waals surface area contributed by atoms with E-state index in [4.69, 9.17) is 0 Å². The summed E-state index contributed by atoms with van der Waals surface area (Å²) in [5.74, 6) is -3.35. The van der Waals surface area contributed by atoms with Crippen LogP contribution in [0, 0.1) is 17.5 Å². The monoisotopic (exact) mass is 295 g/mol. The molecule has 0 unspecified atom stereocenters. The highest BCUT2D eigenvalue weighted by Crippen LogP contribution is 2.24. The SMILES string of the molecule is Fc1cc(-n2ccnc2NC2CCCCC2)cc(F)c1F. The molecule has 0 amide bonds. The number of rotatable bonds is 3. The summed E-state index contributed by atoms with van der Waals surface area (Å²) in [6.45, 7) is 0. The average molecular weight is 295 g/mol. The van der Waals surface area contributed by atoms with Gasteiger partial charge in [0, 0.05) is 30.6 Å². The Morgan fingerprint density at radius 3 is 2.38 bits per heavy atom. The highest BCUT2D eigenvalue weighted by Gasteiger charge is 2.17. The molecule has 0 spiro atoms. The van der Waals surface area contributed by atoms with Crippen LogP contribution in [0.2, 0.25) is 0 Å². The minimum atomic E-state index is -1.46. The van der Waals surface area contributed by atoms with Gasteiger partial charge in [-0.3, -0.25) is 4.57 Å². The van der Waals surface area contributed by atoms with Crippen LogP contribution < -0.4 is 5.32 Å². The van der Waals surface area contributed by atoms with Gasteiger partial charge in [0.1, 0.15) is 0 Å². The lowest BCUT2D eigenvalue weighted by Gasteiger charge is -2.23. The molecule has 21 heavy (non-hydrogen) atoms. The molecular formula is C15H16F3N3. The molecule has 3 nitrogen and oxygen atoms in total. The maximum Gasteiger partial charge on any atom is 0.207 e. The predicted molar refractivity (Wildman–Crippen MR) is 73.9 cm³/mol. The number of aromatic nitrogens is 2. The highest BCUT2D eigenvalue weighted by molar-refractivity contribution is 5.43. The average Bonchev–Trinajstić information content (AvgIpc) is 2.93. The summed E-state index contributed by atoms with van der Waals surface area (Å²) in [6, 6.07) is 2.24. The molecule has 0 saturated heterocycles. The van der Waals surface area contributed by atoms with Gasteiger partial charge in [-0.2, -0.15) is 0 Å². The first-order chi connectivity index (χ1) is 10.1. The van der Waals surface area contributed by atoms with Gasteiger partial charge in [-0.25, -0.2) is 18.2 Å². The zero-order chi connectivity index (χ0) is 14.8. The zero-order valence-corrected chi connectivity index (χ0v) is 11.5. The molecule has 0 atom stereocenters. The molecular weight excluding hydrogens is 279 g/mol. The topological polar surface area (TPSA) is 29.9 Å². The van der Waals surface area contributed by atoms with Crippen molar-refractivity contribution in [1.29, 1.82) is 0 Å². The molecule has 1 fully saturated rings. The molecule has 6 heteroatoms. The summed E-state index contributed by atoms with van der Waals surface area (Å²) < 4.78 is 41.3. The Morgan fingerprint density at radius 1 is 1.05 bits per heavy atom. The van der Waals surface area contributed by atoms with Crippen LogP contribution in [0.15, 0.2) is 24.5 Å². The molecule has 0 radical (unpaired) electrons. The third-order valence-electron chi connectivity index (χ3n) is 3.83. The fraction of sp³-hybridized carbons (Fsp3) is 0.400. The van der Waals surface area contributed by atoms with E-state index in [0.717, 1.165) is 37.8 Å². The van der Waals surface area contributed by atoms with Crippen LogP contribution in [0.5, 0.6) is 0 Å². The fourth-order valence-corrected chi connectivity index (χ4v) is 2.73. The Labute approximate surface area is 120 Å². The number of hydrogen-bond acceptors (Lipinski definition) is 2. The third kappa shape index (κ3) is 2.89. The molecule has 112 valence electrons. The lowest BCUT2D eigenvalue weighted by molar-refractivity contribution is 0.446. The zero-order valence-electron chi connectivity index (χ0n) is 11.5. The fourth-order valence-electron chi connectivity index (χ4n) is 2.73. The minimum absolute atomic E-state index is 0.210. The van der Waals surface area contributed by atoms with Crippen LogP contribution in [0.4, 0.5) is 19.1 Å². The standard InChI is InChI=1S/C15H16F3N3/c16-12-8-11(9-13(17)14(12)18)21-7-6-19-15(21)20-10-4-2-1-3-5-10/h6-10H,1-5H2,(H,19,20). The molecule has 1 N–H and O–H groups in total. The lowest BCUT2D eigenvalue weighted by atomic mass is 9.96. The Bertz CT molecular complexity index is 610. The van der Waals surface area contributed by atoms with Gasteiger partial charge in [0.2, 0.25) is 5.95 Å². The molecule has 1 saturated carbocycles. The van der Waals surface area contributed by atoms with Crippen molar-refractivity contribution in [3.63, 3.8) is 0 Å². The van der Waals surface area contributed by atoms with Gasteiger partial charge in [0.05, 0.1) is 5.69 Å². The first-order valence-electron chi connectivity index (χ1n) is 7.10. The summed E-state index contributed by atoms with van der Waals surface area (Å²) in [4.78, 5) is 4.18. The summed E-state index contributed by atoms with van der Waals surface area (Å²) in [7, 11) is 0. The van der Waals surface area contributed by atoms with E-state index in [9.17, 15) is 13.2 Å². The number of nitrogens with one attached hydrogen (secondary N) is 1. The van der Waals surface area contributed by atoms with Crippen molar-refractivity contribution in [3.8, 4) is 5.69 Å². The summed E-state index contributed by atoms with van der Waals surface area (Å²) in [5, 5.41) is 3.29. The maximum absolute atomic E-state index is 13.4. The van der Waals surface area contributed by atoms with Gasteiger partial charge >= 0.3 is 0 Å². The number of imidazole rings is 1. The largest absolute Gasteiger partial charge is 0.353 e. The Balaban J connectivity index is 1.88. The lowest BCUT2D eigenvalue weighted by Crippen LogP contribution is -2.24. The number of anilines is 1. The van der Waals surface area contributed by atoms with Crippen LogP contribution in [-0.2, 0) is 0 Å². The number of halogens is 3. The van der Waals surface area contributed by atoms with E-state index in [1.165, 1.54) is 11.0 Å². The van der Waals surface area contributed by atoms with E-state index >= 15 is 0 Å². The molecule has 3 rings (SSSR count). The van der Waals surface area contributed by atoms with Gasteiger partial charge in [-0.05, 0) is 12.8 Å². The molecule has 1 aliphatic carbocycles. The molecule has 1 aromatic carbocycles. The van der Waals surface area contributed by atoms with Gasteiger partial charge in [-0.1, -0.05) is 19.3 Å². The Hall–Kier alpha value is -1.98. The van der Waals surface area contributed by atoms with E-state index < -0.39 is 17.5 Å². The Kier molecular flexibility index (Phi) is 3.86. The molecule has 1 aliphatic rings. The van der Waals surface area contributed by atoms with Crippen molar-refractivity contribution >= 4 is 5.95 Å². The van der Waals surface area contributed by atoms with Crippen LogP contribution in [0.3, 0.4) is 0 Å². The molecule has 0 bridgehead atoms. The quantitative estimate of drug-likeness (QED) is 0.866. The normalized spacial score (nSPS) is 16.1. The van der Waals surface area contributed by atoms with Crippen LogP contribution in [0.1, 0.15) is 32.1 Å². The van der Waals surface area contributed by atoms with E-state index in [1.807, 2.05) is 0 Å². The Morgan fingerprint density at radius 2 is 1.71 bits per heavy atom. The van der Waals surface area contributed by atoms with Crippen molar-refractivity contribution in [2.45, 2.75) is 38.1 Å². The van der Waals surface area contributed by atoms with Crippen LogP contribution in [-0.4, -0.2) is 15.6 Å². The van der Waals surface area contributed by atoms with E-state index in [1.54, 1.807) is 12.4 Å². The van der Waals surface area contributed by atoms with Crippen molar-refractivity contribution in [2.75, 3.05) is 5.32 Å². The second-order valence-electron chi connectivity index (χ2n) is 5.32. The van der Waals surface area contributed by atoms with Gasteiger partial charge in [0.15, 0.2) is 17.5 Å². The number of benzene rings is 1. The number of nitrogens with zero attached hydrogens (tertiary/aromatic N) is 2. The smallest absolute Gasteiger partial charge is 0.207 e. The van der Waals surface area contributed by atoms with Gasteiger partial charge in [0.25, 0.3) is 0 Å². The van der Waals surface area contributed by atoms with E-state index in [-0.39, 0.29) is 5.69 Å². The van der Waals surface area contributed by atoms with Crippen molar-refractivity contribution in [3.05, 3.63) is 42.0 Å². The maximum atomic E-state index is 13.4. The third-order valence-corrected chi connectivity index (χ3v) is 3.83. The van der Waals surface area contributed by atoms with Crippen molar-refractivity contribution < 1.29 is 13.2 Å². The highest BCUT2D eigenvalue weighted by atomic mass is 19.2. The summed E-state index contributed by atoms with van der Waals surface area (Å²) in [5.41, 5.74) is 0.210. The molecule has 2 aromatic rings. The summed E-state index contributed by atoms with van der Waals surface area (Å²) >= 11 is 0. The predicted octanol–water partition coefficient (Wildman–Crippen LogP) is 4.03. The first kappa shape index (κ1) is 14.0. The van der Waals surface area contributed by atoms with Crippen LogP contribution in [0.25, 0.3) is 5.69 Å². The van der Waals surface area contributed by atoms with Gasteiger partial charge < -0.3 is 5.32 Å². The molecule has 0 aliphatic heterocycles. The van der Waals surface area contributed by atoms with Crippen molar-refractivity contribution in [1.82, 2.24) is 9.55 Å². The van der Waals surface area contributed by atoms with E-state index in [0.29, 0.717) is 12.0 Å². The van der Waals surface area contributed by atoms with Gasteiger partial charge in [-0.15, -0.1) is 0 Å². The second kappa shape index (κ2) is 5.79. The summed E-state index contributed by atoms with van der Waals surface area (Å²) in [6.07, 6.45) is 8.82. The van der Waals surface area contributed by atoms with E-state index in [2.05, 4.69) is 10.3 Å².